The molecule has 2 rings (SSSR count). The first-order valence-electron chi connectivity index (χ1n) is 8.71. The van der Waals surface area contributed by atoms with Gasteiger partial charge in [0, 0.05) is 43.1 Å². The highest BCUT2D eigenvalue weighted by atomic mass is 32.2. The van der Waals surface area contributed by atoms with Gasteiger partial charge in [-0.05, 0) is 24.1 Å². The van der Waals surface area contributed by atoms with Crippen molar-refractivity contribution in [3.05, 3.63) is 39.9 Å². The van der Waals surface area contributed by atoms with E-state index < -0.39 is 23.0 Å². The Morgan fingerprint density at radius 3 is 2.62 bits per heavy atom. The van der Waals surface area contributed by atoms with E-state index >= 15 is 0 Å². The number of nitro benzene ring substituents is 1. The maximum absolute atomic E-state index is 12.5. The summed E-state index contributed by atoms with van der Waals surface area (Å²) in [6, 6.07) is 4.95. The number of hydrogen-bond donors (Lipinski definition) is 2. The van der Waals surface area contributed by atoms with E-state index in [0.717, 1.165) is 4.90 Å². The fourth-order valence-corrected chi connectivity index (χ4v) is 4.45. The van der Waals surface area contributed by atoms with Gasteiger partial charge in [-0.1, -0.05) is 0 Å². The van der Waals surface area contributed by atoms with Crippen LogP contribution in [0.25, 0.3) is 0 Å². The van der Waals surface area contributed by atoms with E-state index in [1.54, 1.807) is 4.90 Å². The minimum Gasteiger partial charge on any atom is -0.445 e. The molecule has 29 heavy (non-hydrogen) atoms. The lowest BCUT2D eigenvalue weighted by atomic mass is 10.2. The van der Waals surface area contributed by atoms with Gasteiger partial charge in [0.25, 0.3) is 5.69 Å². The number of thioether (sulfide) groups is 1. The molecule has 0 spiro atoms. The van der Waals surface area contributed by atoms with Crippen LogP contribution < -0.4 is 5.73 Å². The van der Waals surface area contributed by atoms with Gasteiger partial charge in [0.1, 0.15) is 6.61 Å². The average Bonchev–Trinajstić information content (AvgIpc) is 3.06. The van der Waals surface area contributed by atoms with E-state index in [1.807, 2.05) is 0 Å². The number of benzene rings is 1. The molecular weight excluding hydrogens is 420 g/mol. The van der Waals surface area contributed by atoms with Crippen LogP contribution in [0.4, 0.5) is 15.3 Å². The number of imide groups is 1. The molecule has 1 heterocycles. The Hall–Kier alpha value is -2.47. The zero-order chi connectivity index (χ0) is 21.6. The number of primary amides is 1. The Bertz CT molecular complexity index is 776. The van der Waals surface area contributed by atoms with Crippen LogP contribution in [0.3, 0.4) is 0 Å². The van der Waals surface area contributed by atoms with Crippen molar-refractivity contribution in [2.75, 3.05) is 19.3 Å². The Labute approximate surface area is 177 Å². The van der Waals surface area contributed by atoms with Crippen molar-refractivity contribution in [2.24, 2.45) is 5.73 Å². The van der Waals surface area contributed by atoms with E-state index in [4.69, 9.17) is 10.5 Å². The molecule has 1 fully saturated rings. The van der Waals surface area contributed by atoms with Gasteiger partial charge in [0.2, 0.25) is 5.91 Å². The summed E-state index contributed by atoms with van der Waals surface area (Å²) in [6.45, 7) is 0.402. The first-order chi connectivity index (χ1) is 13.7. The Morgan fingerprint density at radius 2 is 2.03 bits per heavy atom. The van der Waals surface area contributed by atoms with Crippen LogP contribution in [0.1, 0.15) is 18.4 Å². The van der Waals surface area contributed by atoms with Crippen LogP contribution in [-0.2, 0) is 16.1 Å². The molecule has 12 heteroatoms. The van der Waals surface area contributed by atoms with Crippen molar-refractivity contribution in [3.63, 3.8) is 0 Å². The Balaban J connectivity index is 1.85. The second kappa shape index (κ2) is 10.3. The third-order valence-electron chi connectivity index (χ3n) is 4.30. The van der Waals surface area contributed by atoms with Gasteiger partial charge < -0.3 is 10.5 Å². The van der Waals surface area contributed by atoms with Crippen LogP contribution in [0.5, 0.6) is 0 Å². The zero-order valence-electron chi connectivity index (χ0n) is 15.7. The number of urea groups is 1. The largest absolute Gasteiger partial charge is 0.445 e. The van der Waals surface area contributed by atoms with Crippen LogP contribution in [0.2, 0.25) is 0 Å². The van der Waals surface area contributed by atoms with Crippen molar-refractivity contribution in [3.8, 4) is 0 Å². The topological polar surface area (TPSA) is 136 Å². The number of amides is 4. The standard InChI is InChI=1S/C17H22N4O6S2/c1-19(16(18)23)14(22)6-7-29-15-8-13(28)9-20(15)17(24)27-10-11-2-4-12(5-3-11)21(25)26/h2-5,13,15,28H,6-10H2,1H3,(H2,18,23)/t13-,15-/m0/s1. The highest BCUT2D eigenvalue weighted by molar-refractivity contribution is 7.99. The van der Waals surface area contributed by atoms with Crippen molar-refractivity contribution < 1.29 is 24.0 Å². The summed E-state index contributed by atoms with van der Waals surface area (Å²) < 4.78 is 5.32. The number of ether oxygens (including phenoxy) is 1. The van der Waals surface area contributed by atoms with Gasteiger partial charge in [0.15, 0.2) is 0 Å². The molecule has 0 unspecified atom stereocenters. The van der Waals surface area contributed by atoms with E-state index in [9.17, 15) is 24.5 Å². The Kier molecular flexibility index (Phi) is 8.14. The minimum absolute atomic E-state index is 0.0101. The van der Waals surface area contributed by atoms with E-state index in [2.05, 4.69) is 12.6 Å². The van der Waals surface area contributed by atoms with Gasteiger partial charge in [-0.15, -0.1) is 11.8 Å². The second-order valence-corrected chi connectivity index (χ2v) is 8.40. The Morgan fingerprint density at radius 1 is 1.38 bits per heavy atom. The van der Waals surface area contributed by atoms with E-state index in [-0.39, 0.29) is 29.3 Å². The molecule has 0 bridgehead atoms. The lowest BCUT2D eigenvalue weighted by Gasteiger charge is -2.23. The zero-order valence-corrected chi connectivity index (χ0v) is 17.4. The molecule has 0 aromatic heterocycles. The number of nitrogens with two attached hydrogens (primary N) is 1. The van der Waals surface area contributed by atoms with Crippen molar-refractivity contribution in [1.29, 1.82) is 0 Å². The van der Waals surface area contributed by atoms with Gasteiger partial charge in [-0.25, -0.2) is 9.59 Å². The number of rotatable bonds is 7. The molecule has 4 amide bonds. The number of thiol groups is 1. The van der Waals surface area contributed by atoms with Gasteiger partial charge in [-0.3, -0.25) is 24.7 Å². The maximum atomic E-state index is 12.5. The SMILES string of the molecule is CN(C(N)=O)C(=O)CCS[C@H]1C[C@H](S)CN1C(=O)OCc1ccc([N+](=O)[O-])cc1. The number of hydrogen-bond acceptors (Lipinski definition) is 8. The predicted octanol–water partition coefficient (Wildman–Crippen LogP) is 2.22. The summed E-state index contributed by atoms with van der Waals surface area (Å²) in [5.41, 5.74) is 5.66. The number of non-ortho nitro benzene ring substituents is 1. The molecule has 2 N–H and O–H groups in total. The van der Waals surface area contributed by atoms with Crippen molar-refractivity contribution in [1.82, 2.24) is 9.80 Å². The first kappa shape index (κ1) is 22.8. The average molecular weight is 443 g/mol. The van der Waals surface area contributed by atoms with Crippen LogP contribution >= 0.6 is 24.4 Å². The molecule has 0 radical (unpaired) electrons. The lowest BCUT2D eigenvalue weighted by molar-refractivity contribution is -0.384. The second-order valence-electron chi connectivity index (χ2n) is 6.39. The number of carbonyl (C=O) groups excluding carboxylic acids is 3. The normalized spacial score (nSPS) is 18.3. The molecular formula is C17H22N4O6S2. The summed E-state index contributed by atoms with van der Waals surface area (Å²) >= 11 is 5.84. The molecule has 1 saturated heterocycles. The van der Waals surface area contributed by atoms with Crippen molar-refractivity contribution in [2.45, 2.75) is 30.1 Å². The number of carbonyl (C=O) groups is 3. The lowest BCUT2D eigenvalue weighted by Crippen LogP contribution is -2.38. The van der Waals surface area contributed by atoms with E-state index in [0.29, 0.717) is 24.3 Å². The number of nitrogens with zero attached hydrogens (tertiary/aromatic N) is 3. The molecule has 0 saturated carbocycles. The molecule has 1 aromatic rings. The highest BCUT2D eigenvalue weighted by Gasteiger charge is 2.35. The van der Waals surface area contributed by atoms with E-state index in [1.165, 1.54) is 43.1 Å². The smallest absolute Gasteiger partial charge is 0.411 e. The summed E-state index contributed by atoms with van der Waals surface area (Å²) in [4.78, 5) is 47.8. The molecule has 2 atom stereocenters. The molecule has 1 aliphatic heterocycles. The maximum Gasteiger partial charge on any atom is 0.411 e. The fourth-order valence-electron chi connectivity index (χ4n) is 2.64. The highest BCUT2D eigenvalue weighted by Crippen LogP contribution is 2.31. The fraction of sp³-hybridized carbons (Fsp3) is 0.471. The summed E-state index contributed by atoms with van der Waals surface area (Å²) in [6.07, 6.45) is 0.238. The van der Waals surface area contributed by atoms with Crippen molar-refractivity contribution >= 4 is 48.1 Å². The monoisotopic (exact) mass is 442 g/mol. The summed E-state index contributed by atoms with van der Waals surface area (Å²) in [5.74, 6) is 0.0195. The number of nitro groups is 1. The van der Waals surface area contributed by atoms with Gasteiger partial charge in [-0.2, -0.15) is 12.6 Å². The molecule has 158 valence electrons. The first-order valence-corrected chi connectivity index (χ1v) is 10.3. The van der Waals surface area contributed by atoms with Crippen LogP contribution in [-0.4, -0.2) is 62.7 Å². The summed E-state index contributed by atoms with van der Waals surface area (Å²) in [5, 5.41) is 10.5. The van der Waals surface area contributed by atoms with Crippen LogP contribution in [0.15, 0.2) is 24.3 Å². The minimum atomic E-state index is -0.812. The number of likely N-dealkylation sites (tertiary alicyclic amines) is 1. The third kappa shape index (κ3) is 6.53. The molecule has 1 aromatic carbocycles. The quantitative estimate of drug-likeness (QED) is 0.375. The predicted molar refractivity (Wildman–Crippen MR) is 111 cm³/mol. The molecule has 1 aliphatic rings. The van der Waals surface area contributed by atoms with Crippen LogP contribution in [0, 0.1) is 10.1 Å². The summed E-state index contributed by atoms with van der Waals surface area (Å²) in [7, 11) is 1.32. The van der Waals surface area contributed by atoms with Gasteiger partial charge in [0.05, 0.1) is 10.3 Å². The molecule has 10 nitrogen and oxygen atoms in total. The molecule has 0 aliphatic carbocycles. The third-order valence-corrected chi connectivity index (χ3v) is 5.95. The van der Waals surface area contributed by atoms with Gasteiger partial charge >= 0.3 is 12.1 Å².